The summed E-state index contributed by atoms with van der Waals surface area (Å²) in [6.07, 6.45) is 8.55. The minimum absolute atomic E-state index is 0.281. The maximum Gasteiger partial charge on any atom is 0.319 e. The van der Waals surface area contributed by atoms with Crippen LogP contribution in [0, 0.1) is 11.8 Å². The molecule has 1 aliphatic carbocycles. The van der Waals surface area contributed by atoms with Gasteiger partial charge >= 0.3 is 6.03 Å². The van der Waals surface area contributed by atoms with Crippen molar-refractivity contribution < 1.29 is 13.2 Å². The fourth-order valence-corrected chi connectivity index (χ4v) is 6.48. The van der Waals surface area contributed by atoms with Crippen molar-refractivity contribution in [2.45, 2.75) is 56.4 Å². The summed E-state index contributed by atoms with van der Waals surface area (Å²) in [7, 11) is -3.50. The molecule has 4 rings (SSSR count). The van der Waals surface area contributed by atoms with Gasteiger partial charge < -0.3 is 10.6 Å². The van der Waals surface area contributed by atoms with E-state index in [1.807, 2.05) is 30.3 Å². The molecule has 0 spiro atoms. The fourth-order valence-electron chi connectivity index (χ4n) is 5.01. The highest BCUT2D eigenvalue weighted by atomic mass is 32.2. The summed E-state index contributed by atoms with van der Waals surface area (Å²) < 4.78 is 27.8. The van der Waals surface area contributed by atoms with Crippen molar-refractivity contribution in [1.82, 2.24) is 9.62 Å². The van der Waals surface area contributed by atoms with Crippen LogP contribution in [0.4, 0.5) is 10.5 Å². The number of hydrogen-bond acceptors (Lipinski definition) is 3. The SMILES string of the molecule is O=C(NCc1ccccc1)Nc1ccc(S(=O)(=O)N2CCC(C3CCCCC3)CC2)cc1. The van der Waals surface area contributed by atoms with E-state index in [1.54, 1.807) is 28.6 Å². The van der Waals surface area contributed by atoms with E-state index in [-0.39, 0.29) is 10.9 Å². The fraction of sp³-hybridized carbons (Fsp3) is 0.480. The molecule has 0 bridgehead atoms. The zero-order valence-corrected chi connectivity index (χ0v) is 19.3. The molecule has 7 heteroatoms. The first-order valence-electron chi connectivity index (χ1n) is 11.7. The Morgan fingerprint density at radius 3 is 2.12 bits per heavy atom. The van der Waals surface area contributed by atoms with Gasteiger partial charge in [-0.15, -0.1) is 0 Å². The molecule has 0 aromatic heterocycles. The van der Waals surface area contributed by atoms with Crippen LogP contribution in [0.1, 0.15) is 50.5 Å². The van der Waals surface area contributed by atoms with E-state index in [0.29, 0.717) is 31.2 Å². The van der Waals surface area contributed by atoms with E-state index in [4.69, 9.17) is 0 Å². The number of carbonyl (C=O) groups is 1. The molecule has 172 valence electrons. The zero-order chi connectivity index (χ0) is 22.4. The summed E-state index contributed by atoms with van der Waals surface area (Å²) in [6.45, 7) is 1.63. The molecule has 1 aliphatic heterocycles. The maximum atomic E-state index is 13.1. The molecule has 2 N–H and O–H groups in total. The number of amides is 2. The lowest BCUT2D eigenvalue weighted by atomic mass is 9.76. The van der Waals surface area contributed by atoms with Crippen molar-refractivity contribution in [3.8, 4) is 0 Å². The number of rotatable bonds is 6. The molecule has 1 saturated heterocycles. The van der Waals surface area contributed by atoms with E-state index in [2.05, 4.69) is 10.6 Å². The number of piperidine rings is 1. The van der Waals surface area contributed by atoms with E-state index in [9.17, 15) is 13.2 Å². The van der Waals surface area contributed by atoms with Crippen molar-refractivity contribution in [2.24, 2.45) is 11.8 Å². The number of benzene rings is 2. The van der Waals surface area contributed by atoms with Gasteiger partial charge in [0.25, 0.3) is 0 Å². The molecule has 0 radical (unpaired) electrons. The Hall–Kier alpha value is -2.38. The number of carbonyl (C=O) groups excluding carboxylic acids is 1. The van der Waals surface area contributed by atoms with Gasteiger partial charge in [-0.2, -0.15) is 4.31 Å². The Bertz CT molecular complexity index is 979. The van der Waals surface area contributed by atoms with Gasteiger partial charge in [-0.1, -0.05) is 62.4 Å². The Kier molecular flexibility index (Phi) is 7.48. The number of hydrogen-bond donors (Lipinski definition) is 2. The largest absolute Gasteiger partial charge is 0.334 e. The van der Waals surface area contributed by atoms with Crippen molar-refractivity contribution in [3.63, 3.8) is 0 Å². The molecule has 2 aromatic carbocycles. The van der Waals surface area contributed by atoms with Crippen molar-refractivity contribution in [2.75, 3.05) is 18.4 Å². The number of anilines is 1. The lowest BCUT2D eigenvalue weighted by molar-refractivity contribution is 0.170. The summed E-state index contributed by atoms with van der Waals surface area (Å²) in [6, 6.07) is 15.8. The molecule has 1 saturated carbocycles. The van der Waals surface area contributed by atoms with E-state index < -0.39 is 10.0 Å². The Morgan fingerprint density at radius 2 is 1.47 bits per heavy atom. The third-order valence-electron chi connectivity index (χ3n) is 6.86. The first-order valence-corrected chi connectivity index (χ1v) is 13.2. The number of nitrogens with zero attached hydrogens (tertiary/aromatic N) is 1. The van der Waals surface area contributed by atoms with Crippen LogP contribution in [0.3, 0.4) is 0 Å². The molecule has 0 unspecified atom stereocenters. The van der Waals surface area contributed by atoms with Crippen molar-refractivity contribution >= 4 is 21.7 Å². The lowest BCUT2D eigenvalue weighted by Gasteiger charge is -2.37. The summed E-state index contributed by atoms with van der Waals surface area (Å²) in [5.41, 5.74) is 1.57. The molecular weight excluding hydrogens is 422 g/mol. The molecule has 32 heavy (non-hydrogen) atoms. The molecule has 2 fully saturated rings. The molecule has 6 nitrogen and oxygen atoms in total. The monoisotopic (exact) mass is 455 g/mol. The molecule has 0 atom stereocenters. The van der Waals surface area contributed by atoms with Gasteiger partial charge in [0.2, 0.25) is 10.0 Å². The smallest absolute Gasteiger partial charge is 0.319 e. The average molecular weight is 456 g/mol. The highest BCUT2D eigenvalue weighted by Gasteiger charge is 2.32. The molecule has 1 heterocycles. The number of nitrogens with one attached hydrogen (secondary N) is 2. The second-order valence-electron chi connectivity index (χ2n) is 8.96. The minimum atomic E-state index is -3.50. The quantitative estimate of drug-likeness (QED) is 0.644. The number of urea groups is 1. The predicted octanol–water partition coefficient (Wildman–Crippen LogP) is 4.99. The van der Waals surface area contributed by atoms with Gasteiger partial charge in [0.1, 0.15) is 0 Å². The first-order chi connectivity index (χ1) is 15.5. The maximum absolute atomic E-state index is 13.1. The Labute approximate surface area is 191 Å². The molecule has 2 aromatic rings. The topological polar surface area (TPSA) is 78.5 Å². The van der Waals surface area contributed by atoms with E-state index in [0.717, 1.165) is 24.3 Å². The third kappa shape index (κ3) is 5.70. The van der Waals surface area contributed by atoms with Gasteiger partial charge in [0, 0.05) is 25.3 Å². The Balaban J connectivity index is 1.29. The van der Waals surface area contributed by atoms with Crippen LogP contribution in [0.15, 0.2) is 59.5 Å². The van der Waals surface area contributed by atoms with Gasteiger partial charge in [0.05, 0.1) is 4.90 Å². The van der Waals surface area contributed by atoms with Crippen LogP contribution >= 0.6 is 0 Å². The van der Waals surface area contributed by atoms with Crippen LogP contribution < -0.4 is 10.6 Å². The second-order valence-corrected chi connectivity index (χ2v) is 10.9. The predicted molar refractivity (Wildman–Crippen MR) is 127 cm³/mol. The summed E-state index contributed by atoms with van der Waals surface area (Å²) in [4.78, 5) is 12.4. The first kappa shape index (κ1) is 22.8. The van der Waals surface area contributed by atoms with Crippen LogP contribution in [0.2, 0.25) is 0 Å². The lowest BCUT2D eigenvalue weighted by Crippen LogP contribution is -2.40. The Morgan fingerprint density at radius 1 is 0.844 bits per heavy atom. The standard InChI is InChI=1S/C25H33N3O3S/c29-25(26-19-20-7-3-1-4-8-20)27-23-11-13-24(14-12-23)32(30,31)28-17-15-22(16-18-28)21-9-5-2-6-10-21/h1,3-4,7-8,11-14,21-22H,2,5-6,9-10,15-19H2,(H2,26,27,29). The van der Waals surface area contributed by atoms with Gasteiger partial charge in [0.15, 0.2) is 0 Å². The van der Waals surface area contributed by atoms with Gasteiger partial charge in [-0.3, -0.25) is 0 Å². The van der Waals surface area contributed by atoms with E-state index >= 15 is 0 Å². The van der Waals surface area contributed by atoms with Crippen molar-refractivity contribution in [1.29, 1.82) is 0 Å². The normalized spacial score (nSPS) is 18.9. The van der Waals surface area contributed by atoms with Gasteiger partial charge in [-0.05, 0) is 54.5 Å². The third-order valence-corrected chi connectivity index (χ3v) is 8.77. The summed E-state index contributed by atoms with van der Waals surface area (Å²) in [5, 5.41) is 5.55. The summed E-state index contributed by atoms with van der Waals surface area (Å²) in [5.74, 6) is 1.45. The summed E-state index contributed by atoms with van der Waals surface area (Å²) >= 11 is 0. The van der Waals surface area contributed by atoms with E-state index in [1.165, 1.54) is 32.1 Å². The van der Waals surface area contributed by atoms with Crippen LogP contribution in [0.5, 0.6) is 0 Å². The van der Waals surface area contributed by atoms with Gasteiger partial charge in [-0.25, -0.2) is 13.2 Å². The van der Waals surface area contributed by atoms with Crippen LogP contribution in [-0.2, 0) is 16.6 Å². The van der Waals surface area contributed by atoms with Crippen molar-refractivity contribution in [3.05, 3.63) is 60.2 Å². The second kappa shape index (κ2) is 10.5. The molecule has 2 aliphatic rings. The molecule has 2 amide bonds. The highest BCUT2D eigenvalue weighted by Crippen LogP contribution is 2.36. The van der Waals surface area contributed by atoms with Crippen LogP contribution in [0.25, 0.3) is 0 Å². The average Bonchev–Trinajstić information content (AvgIpc) is 2.84. The highest BCUT2D eigenvalue weighted by molar-refractivity contribution is 7.89. The van der Waals surface area contributed by atoms with Crippen LogP contribution in [-0.4, -0.2) is 31.8 Å². The molecular formula is C25H33N3O3S. The number of sulfonamides is 1. The minimum Gasteiger partial charge on any atom is -0.334 e. The zero-order valence-electron chi connectivity index (χ0n) is 18.5.